The molecule has 0 aliphatic rings. The molecule has 3 heteroatoms. The minimum atomic E-state index is -0.504. The lowest BCUT2D eigenvalue weighted by Gasteiger charge is -2.24. The van der Waals surface area contributed by atoms with E-state index in [1.54, 1.807) is 0 Å². The number of aliphatic hydroxyl groups excluding tert-OH is 1. The van der Waals surface area contributed by atoms with Crippen molar-refractivity contribution < 1.29 is 23.2 Å². The first-order chi connectivity index (χ1) is 9.54. The van der Waals surface area contributed by atoms with E-state index in [4.69, 9.17) is 0 Å². The summed E-state index contributed by atoms with van der Waals surface area (Å²) in [6, 6.07) is 14.4. The third-order valence-electron chi connectivity index (χ3n) is 3.95. The summed E-state index contributed by atoms with van der Waals surface area (Å²) in [6.07, 6.45) is -0.504. The van der Waals surface area contributed by atoms with Crippen LogP contribution >= 0.6 is 0 Å². The average molecular weight is 306 g/mol. The lowest BCUT2D eigenvalue weighted by atomic mass is 9.85. The Morgan fingerprint density at radius 2 is 1.52 bits per heavy atom. The van der Waals surface area contributed by atoms with Crippen molar-refractivity contribution in [1.29, 1.82) is 0 Å². The Bertz CT molecular complexity index is 560. The molecule has 2 nitrogen and oxygen atoms in total. The van der Waals surface area contributed by atoms with Crippen molar-refractivity contribution in [3.05, 3.63) is 70.3 Å². The summed E-state index contributed by atoms with van der Waals surface area (Å²) in [7, 11) is 0. The van der Waals surface area contributed by atoms with Crippen LogP contribution < -0.4 is 18.1 Å². The molecule has 0 amide bonds. The van der Waals surface area contributed by atoms with E-state index < -0.39 is 6.10 Å². The fraction of sp³-hybridized carbons (Fsp3) is 0.333. The molecule has 0 fully saturated rings. The summed E-state index contributed by atoms with van der Waals surface area (Å²) >= 11 is 0. The molecule has 0 aliphatic carbocycles. The lowest BCUT2D eigenvalue weighted by molar-refractivity contribution is -0.376. The standard InChI is InChI=1S/C18H23NO.ClH/c1-12-9-13(2)17(14(3)10-12)18(20)16(11-19)15-7-5-4-6-8-15;/h4-10,16,18,20H,11,19H2,1-3H3;1H. The van der Waals surface area contributed by atoms with Gasteiger partial charge in [0, 0.05) is 0 Å². The number of hydrogen-bond donors (Lipinski definition) is 2. The quantitative estimate of drug-likeness (QED) is 0.799. The zero-order valence-electron chi connectivity index (χ0n) is 12.9. The molecule has 0 radical (unpaired) electrons. The smallest absolute Gasteiger partial charge is 0.0917 e. The van der Waals surface area contributed by atoms with E-state index in [0.717, 1.165) is 22.3 Å². The van der Waals surface area contributed by atoms with Gasteiger partial charge in [0.05, 0.1) is 18.6 Å². The summed E-state index contributed by atoms with van der Waals surface area (Å²) in [5.41, 5.74) is 9.77. The van der Waals surface area contributed by atoms with E-state index in [-0.39, 0.29) is 18.3 Å². The predicted octanol–water partition coefficient (Wildman–Crippen LogP) is -0.325. The molecule has 0 heterocycles. The van der Waals surface area contributed by atoms with Crippen molar-refractivity contribution >= 4 is 0 Å². The summed E-state index contributed by atoms with van der Waals surface area (Å²) < 4.78 is 0. The molecule has 2 rings (SSSR count). The average Bonchev–Trinajstić information content (AvgIpc) is 2.39. The van der Waals surface area contributed by atoms with Gasteiger partial charge in [0.2, 0.25) is 0 Å². The van der Waals surface area contributed by atoms with Crippen molar-refractivity contribution in [3.8, 4) is 0 Å². The number of halogens is 1. The molecule has 2 atom stereocenters. The van der Waals surface area contributed by atoms with Gasteiger partial charge in [0.1, 0.15) is 0 Å². The number of benzene rings is 2. The number of rotatable bonds is 4. The zero-order chi connectivity index (χ0) is 14.7. The minimum absolute atomic E-state index is 0. The van der Waals surface area contributed by atoms with Gasteiger partial charge >= 0.3 is 0 Å². The molecular weight excluding hydrogens is 282 g/mol. The van der Waals surface area contributed by atoms with Crippen LogP contribution in [0.15, 0.2) is 42.5 Å². The Morgan fingerprint density at radius 3 is 2.00 bits per heavy atom. The number of aryl methyl sites for hydroxylation is 3. The van der Waals surface area contributed by atoms with Gasteiger partial charge in [-0.25, -0.2) is 0 Å². The Kier molecular flexibility index (Phi) is 6.41. The first kappa shape index (κ1) is 17.7. The fourth-order valence-corrected chi connectivity index (χ4v) is 3.07. The number of aliphatic hydroxyl groups is 1. The molecule has 0 bridgehead atoms. The largest absolute Gasteiger partial charge is 1.00 e. The third kappa shape index (κ3) is 3.85. The number of hydrogen-bond acceptors (Lipinski definition) is 1. The van der Waals surface area contributed by atoms with Gasteiger partial charge in [0.15, 0.2) is 0 Å². The minimum Gasteiger partial charge on any atom is -1.00 e. The normalized spacial score (nSPS) is 13.4. The van der Waals surface area contributed by atoms with Crippen molar-refractivity contribution in [1.82, 2.24) is 0 Å². The molecule has 0 saturated heterocycles. The van der Waals surface area contributed by atoms with Gasteiger partial charge in [-0.3, -0.25) is 0 Å². The Morgan fingerprint density at radius 1 is 1.00 bits per heavy atom. The highest BCUT2D eigenvalue weighted by Gasteiger charge is 2.25. The van der Waals surface area contributed by atoms with Crippen LogP contribution in [0.5, 0.6) is 0 Å². The van der Waals surface area contributed by atoms with Crippen LogP contribution in [0.1, 0.15) is 39.8 Å². The molecule has 0 aliphatic heterocycles. The van der Waals surface area contributed by atoms with Crippen LogP contribution in [0.2, 0.25) is 0 Å². The maximum absolute atomic E-state index is 10.8. The van der Waals surface area contributed by atoms with Crippen molar-refractivity contribution in [2.45, 2.75) is 32.8 Å². The second kappa shape index (κ2) is 7.60. The summed E-state index contributed by atoms with van der Waals surface area (Å²) in [6.45, 7) is 6.91. The van der Waals surface area contributed by atoms with E-state index in [1.807, 2.05) is 18.2 Å². The van der Waals surface area contributed by atoms with E-state index in [0.29, 0.717) is 6.54 Å². The maximum atomic E-state index is 10.8. The monoisotopic (exact) mass is 305 g/mol. The first-order valence-electron chi connectivity index (χ1n) is 7.14. The molecule has 4 N–H and O–H groups in total. The molecule has 2 aromatic rings. The van der Waals surface area contributed by atoms with Crippen LogP contribution in [-0.4, -0.2) is 11.7 Å². The SMILES string of the molecule is Cc1cc(C)c(C(O)C(C[NH3+])c2ccccc2)c(C)c1.[Cl-]. The molecule has 114 valence electrons. The maximum Gasteiger partial charge on any atom is 0.0917 e. The topological polar surface area (TPSA) is 47.9 Å². The third-order valence-corrected chi connectivity index (χ3v) is 3.95. The molecule has 0 saturated carbocycles. The molecular formula is C18H24ClNO. The molecule has 0 spiro atoms. The van der Waals surface area contributed by atoms with E-state index in [1.165, 1.54) is 5.56 Å². The molecule has 2 unspecified atom stereocenters. The summed E-state index contributed by atoms with van der Waals surface area (Å²) in [5.74, 6) is 0.0382. The van der Waals surface area contributed by atoms with Crippen molar-refractivity contribution in [2.24, 2.45) is 0 Å². The van der Waals surface area contributed by atoms with Gasteiger partial charge in [-0.05, 0) is 43.0 Å². The van der Waals surface area contributed by atoms with Gasteiger partial charge in [0.25, 0.3) is 0 Å². The van der Waals surface area contributed by atoms with Crippen molar-refractivity contribution in [3.63, 3.8) is 0 Å². The zero-order valence-corrected chi connectivity index (χ0v) is 13.7. The second-order valence-corrected chi connectivity index (χ2v) is 5.56. The molecule has 0 aromatic heterocycles. The van der Waals surface area contributed by atoms with Crippen LogP contribution in [-0.2, 0) is 0 Å². The molecule has 2 aromatic carbocycles. The van der Waals surface area contributed by atoms with Crippen molar-refractivity contribution in [2.75, 3.05) is 6.54 Å². The Balaban J connectivity index is 0.00000220. The Labute approximate surface area is 133 Å². The second-order valence-electron chi connectivity index (χ2n) is 5.56. The van der Waals surface area contributed by atoms with Crippen LogP contribution in [0.25, 0.3) is 0 Å². The highest BCUT2D eigenvalue weighted by molar-refractivity contribution is 5.40. The first-order valence-corrected chi connectivity index (χ1v) is 7.14. The highest BCUT2D eigenvalue weighted by atomic mass is 35.5. The van der Waals surface area contributed by atoms with Gasteiger partial charge < -0.3 is 23.2 Å². The van der Waals surface area contributed by atoms with E-state index in [9.17, 15) is 5.11 Å². The van der Waals surface area contributed by atoms with E-state index in [2.05, 4.69) is 50.8 Å². The van der Waals surface area contributed by atoms with Crippen LogP contribution in [0.4, 0.5) is 0 Å². The van der Waals surface area contributed by atoms with Gasteiger partial charge in [-0.2, -0.15) is 0 Å². The van der Waals surface area contributed by atoms with E-state index >= 15 is 0 Å². The Hall–Kier alpha value is -1.35. The summed E-state index contributed by atoms with van der Waals surface area (Å²) in [4.78, 5) is 0. The van der Waals surface area contributed by atoms with Gasteiger partial charge in [-0.1, -0.05) is 48.0 Å². The van der Waals surface area contributed by atoms with Crippen LogP contribution in [0.3, 0.4) is 0 Å². The highest BCUT2D eigenvalue weighted by Crippen LogP contribution is 2.33. The lowest BCUT2D eigenvalue weighted by Crippen LogP contribution is -3.00. The predicted molar refractivity (Wildman–Crippen MR) is 82.6 cm³/mol. The summed E-state index contributed by atoms with van der Waals surface area (Å²) in [5, 5.41) is 10.8. The van der Waals surface area contributed by atoms with Crippen LogP contribution in [0, 0.1) is 20.8 Å². The number of quaternary nitrogens is 1. The van der Waals surface area contributed by atoms with Gasteiger partial charge in [-0.15, -0.1) is 0 Å². The fourth-order valence-electron chi connectivity index (χ4n) is 3.07. The molecule has 21 heavy (non-hydrogen) atoms.